The molecule has 0 radical (unpaired) electrons. The van der Waals surface area contributed by atoms with Gasteiger partial charge in [-0.3, -0.25) is 0 Å². The molecule has 23 heavy (non-hydrogen) atoms. The van der Waals surface area contributed by atoms with Gasteiger partial charge in [0.25, 0.3) is 0 Å². The second kappa shape index (κ2) is 4.97. The predicted molar refractivity (Wildman–Crippen MR) is 76.6 cm³/mol. The first kappa shape index (κ1) is 14.0. The minimum atomic E-state index is -4.42. The molecule has 0 saturated carbocycles. The Balaban J connectivity index is 1.77. The van der Waals surface area contributed by atoms with Gasteiger partial charge in [-0.05, 0) is 18.9 Å². The van der Waals surface area contributed by atoms with E-state index in [2.05, 4.69) is 20.1 Å². The Morgan fingerprint density at radius 3 is 2.52 bits per heavy atom. The fraction of sp³-hybridized carbons (Fsp3) is 0.357. The Morgan fingerprint density at radius 2 is 1.83 bits per heavy atom. The largest absolute Gasteiger partial charge is 0.419 e. The lowest BCUT2D eigenvalue weighted by Gasteiger charge is -2.16. The highest BCUT2D eigenvalue weighted by Crippen LogP contribution is 2.29. The number of rotatable bonds is 2. The van der Waals surface area contributed by atoms with E-state index in [-0.39, 0.29) is 0 Å². The third-order valence-electron chi connectivity index (χ3n) is 3.92. The molecule has 0 atom stereocenters. The summed E-state index contributed by atoms with van der Waals surface area (Å²) in [7, 11) is 0. The molecule has 0 aromatic carbocycles. The van der Waals surface area contributed by atoms with E-state index in [1.165, 1.54) is 10.7 Å². The Hall–Kier alpha value is -2.58. The molecule has 0 N–H and O–H groups in total. The number of aromatic nitrogens is 5. The van der Waals surface area contributed by atoms with Crippen molar-refractivity contribution in [3.63, 3.8) is 0 Å². The van der Waals surface area contributed by atoms with E-state index < -0.39 is 11.7 Å². The monoisotopic (exact) mass is 322 g/mol. The molecule has 0 aliphatic carbocycles. The van der Waals surface area contributed by atoms with Crippen molar-refractivity contribution in [2.75, 3.05) is 18.0 Å². The van der Waals surface area contributed by atoms with Crippen molar-refractivity contribution in [1.29, 1.82) is 0 Å². The Morgan fingerprint density at radius 1 is 1.04 bits per heavy atom. The average Bonchev–Trinajstić information content (AvgIpc) is 3.25. The molecule has 1 aliphatic heterocycles. The first-order valence-corrected chi connectivity index (χ1v) is 7.24. The van der Waals surface area contributed by atoms with Crippen LogP contribution in [0.3, 0.4) is 0 Å². The molecular formula is C14H13F3N6. The maximum Gasteiger partial charge on any atom is 0.419 e. The molecule has 6 nitrogen and oxygen atoms in total. The summed E-state index contributed by atoms with van der Waals surface area (Å²) < 4.78 is 40.9. The van der Waals surface area contributed by atoms with E-state index in [9.17, 15) is 13.2 Å². The molecule has 0 spiro atoms. The third-order valence-corrected chi connectivity index (χ3v) is 3.92. The van der Waals surface area contributed by atoms with Crippen LogP contribution in [0.15, 0.2) is 30.9 Å². The summed E-state index contributed by atoms with van der Waals surface area (Å²) in [6, 6.07) is 1.86. The van der Waals surface area contributed by atoms with E-state index in [0.29, 0.717) is 11.3 Å². The van der Waals surface area contributed by atoms with Crippen LogP contribution in [0.4, 0.5) is 19.0 Å². The number of hydrogen-bond donors (Lipinski definition) is 0. The molecule has 1 fully saturated rings. The van der Waals surface area contributed by atoms with Gasteiger partial charge in [0.05, 0.1) is 18.0 Å². The van der Waals surface area contributed by atoms with Crippen molar-refractivity contribution in [2.24, 2.45) is 0 Å². The highest BCUT2D eigenvalue weighted by molar-refractivity contribution is 5.61. The lowest BCUT2D eigenvalue weighted by Crippen LogP contribution is -2.19. The lowest BCUT2D eigenvalue weighted by molar-refractivity contribution is -0.137. The minimum absolute atomic E-state index is 0.418. The van der Waals surface area contributed by atoms with Crippen LogP contribution in [0.5, 0.6) is 0 Å². The standard InChI is InChI=1S/C14H13F3N6/c15-14(16,17)10-7-18-23(9-10)11-8-19-22-6-3-12(20-13(11)22)21-4-1-2-5-21/h3,6-9H,1-2,4-5H2. The molecule has 4 rings (SSSR count). The second-order valence-electron chi connectivity index (χ2n) is 5.45. The van der Waals surface area contributed by atoms with E-state index >= 15 is 0 Å². The summed E-state index contributed by atoms with van der Waals surface area (Å²) in [5.74, 6) is 0.806. The van der Waals surface area contributed by atoms with Gasteiger partial charge in [0, 0.05) is 25.5 Å². The van der Waals surface area contributed by atoms with Crippen molar-refractivity contribution in [1.82, 2.24) is 24.4 Å². The first-order chi connectivity index (χ1) is 11.0. The number of alkyl halides is 3. The molecule has 120 valence electrons. The average molecular weight is 322 g/mol. The zero-order valence-corrected chi connectivity index (χ0v) is 12.0. The number of fused-ring (bicyclic) bond motifs is 1. The molecule has 0 unspecified atom stereocenters. The Bertz CT molecular complexity index is 844. The molecule has 9 heteroatoms. The Kier molecular flexibility index (Phi) is 3.03. The fourth-order valence-electron chi connectivity index (χ4n) is 2.73. The zero-order chi connectivity index (χ0) is 16.0. The van der Waals surface area contributed by atoms with Crippen LogP contribution in [0.2, 0.25) is 0 Å². The van der Waals surface area contributed by atoms with Gasteiger partial charge in [0.2, 0.25) is 0 Å². The van der Waals surface area contributed by atoms with E-state index in [0.717, 1.165) is 48.8 Å². The third kappa shape index (κ3) is 2.41. The zero-order valence-electron chi connectivity index (χ0n) is 12.0. The maximum atomic E-state index is 12.7. The van der Waals surface area contributed by atoms with Gasteiger partial charge in [0.1, 0.15) is 11.5 Å². The summed E-state index contributed by atoms with van der Waals surface area (Å²) in [5.41, 5.74) is 0.0975. The summed E-state index contributed by atoms with van der Waals surface area (Å²) in [5, 5.41) is 7.92. The number of nitrogens with zero attached hydrogens (tertiary/aromatic N) is 6. The van der Waals surface area contributed by atoms with Crippen LogP contribution < -0.4 is 4.90 Å². The molecular weight excluding hydrogens is 309 g/mol. The Labute approximate surface area is 129 Å². The topological polar surface area (TPSA) is 51.3 Å². The number of hydrogen-bond acceptors (Lipinski definition) is 4. The van der Waals surface area contributed by atoms with Crippen molar-refractivity contribution < 1.29 is 13.2 Å². The molecule has 0 bridgehead atoms. The van der Waals surface area contributed by atoms with Gasteiger partial charge >= 0.3 is 6.18 Å². The highest BCUT2D eigenvalue weighted by atomic mass is 19.4. The molecule has 4 heterocycles. The van der Waals surface area contributed by atoms with Gasteiger partial charge in [0.15, 0.2) is 5.65 Å². The molecule has 3 aromatic heterocycles. The van der Waals surface area contributed by atoms with Crippen LogP contribution in [0, 0.1) is 0 Å². The van der Waals surface area contributed by atoms with Gasteiger partial charge in [-0.25, -0.2) is 14.2 Å². The SMILES string of the molecule is FC(F)(F)c1cnn(-c2cnn3ccc(N4CCCC4)nc23)c1. The van der Waals surface area contributed by atoms with E-state index in [4.69, 9.17) is 0 Å². The fourth-order valence-corrected chi connectivity index (χ4v) is 2.73. The molecule has 1 aliphatic rings. The van der Waals surface area contributed by atoms with Crippen LogP contribution in [-0.4, -0.2) is 37.5 Å². The minimum Gasteiger partial charge on any atom is -0.356 e. The molecule has 3 aromatic rings. The van der Waals surface area contributed by atoms with Gasteiger partial charge in [-0.1, -0.05) is 0 Å². The van der Waals surface area contributed by atoms with Crippen LogP contribution in [0.1, 0.15) is 18.4 Å². The molecule has 1 saturated heterocycles. The van der Waals surface area contributed by atoms with Crippen molar-refractivity contribution >= 4 is 11.5 Å². The smallest absolute Gasteiger partial charge is 0.356 e. The van der Waals surface area contributed by atoms with Crippen LogP contribution in [-0.2, 0) is 6.18 Å². The van der Waals surface area contributed by atoms with Crippen LogP contribution in [0.25, 0.3) is 11.3 Å². The van der Waals surface area contributed by atoms with Crippen LogP contribution >= 0.6 is 0 Å². The van der Waals surface area contributed by atoms with E-state index in [1.807, 2.05) is 6.07 Å². The van der Waals surface area contributed by atoms with Gasteiger partial charge < -0.3 is 4.90 Å². The quantitative estimate of drug-likeness (QED) is 0.727. The summed E-state index contributed by atoms with van der Waals surface area (Å²) in [6.07, 6.45) is 2.78. The van der Waals surface area contributed by atoms with Gasteiger partial charge in [-0.15, -0.1) is 0 Å². The molecule has 0 amide bonds. The van der Waals surface area contributed by atoms with Gasteiger partial charge in [-0.2, -0.15) is 23.4 Å². The first-order valence-electron chi connectivity index (χ1n) is 7.24. The summed E-state index contributed by atoms with van der Waals surface area (Å²) >= 11 is 0. The number of anilines is 1. The summed E-state index contributed by atoms with van der Waals surface area (Å²) in [6.45, 7) is 1.87. The highest BCUT2D eigenvalue weighted by Gasteiger charge is 2.32. The van der Waals surface area contributed by atoms with Crippen molar-refractivity contribution in [3.8, 4) is 5.69 Å². The summed E-state index contributed by atoms with van der Waals surface area (Å²) in [4.78, 5) is 6.70. The maximum absolute atomic E-state index is 12.7. The number of halogens is 3. The van der Waals surface area contributed by atoms with Crippen molar-refractivity contribution in [3.05, 3.63) is 36.4 Å². The predicted octanol–water partition coefficient (Wildman–Crippen LogP) is 2.53. The van der Waals surface area contributed by atoms with E-state index in [1.54, 1.807) is 6.20 Å². The normalized spacial score (nSPS) is 15.7. The van der Waals surface area contributed by atoms with Crippen molar-refractivity contribution in [2.45, 2.75) is 19.0 Å². The lowest BCUT2D eigenvalue weighted by atomic mass is 10.3. The second-order valence-corrected chi connectivity index (χ2v) is 5.45.